The molecule has 0 amide bonds. The molecule has 0 atom stereocenters. The van der Waals surface area contributed by atoms with E-state index in [0.29, 0.717) is 12.1 Å². The van der Waals surface area contributed by atoms with E-state index in [2.05, 4.69) is 59.8 Å². The summed E-state index contributed by atoms with van der Waals surface area (Å²) in [5.74, 6) is -0.210. The first-order chi connectivity index (χ1) is 8.56. The molecular weight excluding hydrogens is 476 g/mol. The van der Waals surface area contributed by atoms with Crippen LogP contribution >= 0.6 is 54.5 Å². The predicted molar refractivity (Wildman–Crippen MR) is 88.3 cm³/mol. The molecule has 2 rings (SSSR count). The summed E-state index contributed by atoms with van der Waals surface area (Å²) in [6.45, 7) is 0.456. The van der Waals surface area contributed by atoms with Crippen molar-refractivity contribution in [1.82, 2.24) is 0 Å². The maximum Gasteiger partial charge on any atom is 0.129 e. The zero-order valence-corrected chi connectivity index (χ0v) is 14.5. The molecule has 18 heavy (non-hydrogen) atoms. The first-order valence-corrected chi connectivity index (χ1v) is 7.85. The Morgan fingerprint density at radius 3 is 2.61 bits per heavy atom. The first-order valence-electron chi connectivity index (χ1n) is 5.19. The van der Waals surface area contributed by atoms with E-state index in [9.17, 15) is 4.39 Å². The average Bonchev–Trinajstić information content (AvgIpc) is 2.32. The van der Waals surface area contributed by atoms with E-state index in [-0.39, 0.29) is 5.82 Å². The molecule has 1 nitrogen and oxygen atoms in total. The Morgan fingerprint density at radius 1 is 1.11 bits per heavy atom. The van der Waals surface area contributed by atoms with Crippen molar-refractivity contribution >= 4 is 60.1 Å². The number of hydrogen-bond acceptors (Lipinski definition) is 1. The van der Waals surface area contributed by atoms with E-state index in [0.717, 1.165) is 18.2 Å². The molecule has 0 aliphatic heterocycles. The third kappa shape index (κ3) is 3.68. The molecular formula is C13H9Br2FIN. The molecule has 0 spiro atoms. The lowest BCUT2D eigenvalue weighted by Crippen LogP contribution is -2.02. The summed E-state index contributed by atoms with van der Waals surface area (Å²) in [5.41, 5.74) is 1.60. The van der Waals surface area contributed by atoms with Crippen LogP contribution in [-0.4, -0.2) is 0 Å². The molecule has 0 unspecified atom stereocenters. The normalized spacial score (nSPS) is 10.4. The molecule has 94 valence electrons. The maximum atomic E-state index is 13.6. The highest BCUT2D eigenvalue weighted by Gasteiger charge is 2.04. The van der Waals surface area contributed by atoms with Gasteiger partial charge in [-0.25, -0.2) is 4.39 Å². The minimum atomic E-state index is -0.210. The van der Waals surface area contributed by atoms with Gasteiger partial charge >= 0.3 is 0 Å². The predicted octanol–water partition coefficient (Wildman–Crippen LogP) is 5.57. The summed E-state index contributed by atoms with van der Waals surface area (Å²) < 4.78 is 16.5. The Balaban J connectivity index is 2.13. The molecule has 0 aliphatic rings. The number of benzene rings is 2. The molecule has 2 aromatic carbocycles. The van der Waals surface area contributed by atoms with E-state index in [4.69, 9.17) is 0 Å². The van der Waals surface area contributed by atoms with Gasteiger partial charge in [0.15, 0.2) is 0 Å². The van der Waals surface area contributed by atoms with Crippen molar-refractivity contribution in [1.29, 1.82) is 0 Å². The second-order valence-electron chi connectivity index (χ2n) is 3.71. The summed E-state index contributed by atoms with van der Waals surface area (Å²) in [4.78, 5) is 0. The van der Waals surface area contributed by atoms with Gasteiger partial charge in [-0.2, -0.15) is 0 Å². The number of anilines is 1. The fourth-order valence-electron chi connectivity index (χ4n) is 1.49. The van der Waals surface area contributed by atoms with Crippen LogP contribution in [0, 0.1) is 9.39 Å². The summed E-state index contributed by atoms with van der Waals surface area (Å²) in [7, 11) is 0. The van der Waals surface area contributed by atoms with Crippen molar-refractivity contribution in [2.24, 2.45) is 0 Å². The van der Waals surface area contributed by atoms with Crippen LogP contribution in [0.2, 0.25) is 0 Å². The Bertz CT molecular complexity index is 575. The summed E-state index contributed by atoms with van der Waals surface area (Å²) in [5, 5.41) is 3.22. The van der Waals surface area contributed by atoms with Gasteiger partial charge < -0.3 is 5.32 Å². The number of hydrogen-bond donors (Lipinski definition) is 1. The SMILES string of the molecule is Fc1cc(Br)ccc1CNc1cc(I)ccc1Br. The van der Waals surface area contributed by atoms with Crippen molar-refractivity contribution < 1.29 is 4.39 Å². The van der Waals surface area contributed by atoms with Gasteiger partial charge in [-0.05, 0) is 68.9 Å². The van der Waals surface area contributed by atoms with Crippen LogP contribution in [0.5, 0.6) is 0 Å². The van der Waals surface area contributed by atoms with Gasteiger partial charge in [-0.15, -0.1) is 0 Å². The third-order valence-corrected chi connectivity index (χ3v) is 4.27. The number of halogens is 4. The summed E-state index contributed by atoms with van der Waals surface area (Å²) in [6, 6.07) is 11.1. The van der Waals surface area contributed by atoms with Gasteiger partial charge in [-0.3, -0.25) is 0 Å². The van der Waals surface area contributed by atoms with E-state index < -0.39 is 0 Å². The Hall–Kier alpha value is -0.140. The van der Waals surface area contributed by atoms with Gasteiger partial charge in [0.05, 0.1) is 0 Å². The molecule has 0 fully saturated rings. The van der Waals surface area contributed by atoms with Crippen LogP contribution in [0.1, 0.15) is 5.56 Å². The van der Waals surface area contributed by atoms with Crippen molar-refractivity contribution in [3.05, 3.63) is 60.3 Å². The van der Waals surface area contributed by atoms with Gasteiger partial charge in [0.25, 0.3) is 0 Å². The second-order valence-corrected chi connectivity index (χ2v) is 6.73. The number of nitrogens with one attached hydrogen (secondary N) is 1. The highest BCUT2D eigenvalue weighted by atomic mass is 127. The maximum absolute atomic E-state index is 13.6. The highest BCUT2D eigenvalue weighted by Crippen LogP contribution is 2.25. The van der Waals surface area contributed by atoms with Crippen LogP contribution in [0.3, 0.4) is 0 Å². The van der Waals surface area contributed by atoms with Gasteiger partial charge in [0.1, 0.15) is 5.82 Å². The fourth-order valence-corrected chi connectivity index (χ4v) is 2.70. The van der Waals surface area contributed by atoms with Gasteiger partial charge in [0, 0.05) is 30.3 Å². The van der Waals surface area contributed by atoms with E-state index in [1.807, 2.05) is 24.3 Å². The molecule has 0 bridgehead atoms. The van der Waals surface area contributed by atoms with Crippen LogP contribution in [0.25, 0.3) is 0 Å². The minimum absolute atomic E-state index is 0.210. The van der Waals surface area contributed by atoms with E-state index >= 15 is 0 Å². The number of rotatable bonds is 3. The van der Waals surface area contributed by atoms with Crippen LogP contribution < -0.4 is 5.32 Å². The topological polar surface area (TPSA) is 12.0 Å². The van der Waals surface area contributed by atoms with Crippen molar-refractivity contribution in [3.63, 3.8) is 0 Å². The average molecular weight is 485 g/mol. The third-order valence-electron chi connectivity index (χ3n) is 2.41. The zero-order chi connectivity index (χ0) is 13.1. The molecule has 5 heteroatoms. The fraction of sp³-hybridized carbons (Fsp3) is 0.0769. The van der Waals surface area contributed by atoms with Gasteiger partial charge in [0.2, 0.25) is 0 Å². The Labute approximate surface area is 136 Å². The molecule has 0 saturated carbocycles. The monoisotopic (exact) mass is 483 g/mol. The van der Waals surface area contributed by atoms with Crippen LogP contribution in [0.15, 0.2) is 45.3 Å². The summed E-state index contributed by atoms with van der Waals surface area (Å²) in [6.07, 6.45) is 0. The molecule has 0 aromatic heterocycles. The Morgan fingerprint density at radius 2 is 1.89 bits per heavy atom. The lowest BCUT2D eigenvalue weighted by molar-refractivity contribution is 0.612. The lowest BCUT2D eigenvalue weighted by Gasteiger charge is -2.10. The molecule has 0 aliphatic carbocycles. The standard InChI is InChI=1S/C13H9Br2FIN/c14-9-2-1-8(12(16)5-9)7-18-13-6-10(17)3-4-11(13)15/h1-6,18H,7H2. The second kappa shape index (κ2) is 6.34. The smallest absolute Gasteiger partial charge is 0.129 e. The molecule has 2 aromatic rings. The van der Waals surface area contributed by atoms with Crippen LogP contribution in [0.4, 0.5) is 10.1 Å². The van der Waals surface area contributed by atoms with E-state index in [1.165, 1.54) is 6.07 Å². The Kier molecular flexibility index (Phi) is 5.03. The minimum Gasteiger partial charge on any atom is -0.380 e. The molecule has 0 radical (unpaired) electrons. The largest absolute Gasteiger partial charge is 0.380 e. The molecule has 0 saturated heterocycles. The first kappa shape index (κ1) is 14.3. The lowest BCUT2D eigenvalue weighted by atomic mass is 10.2. The summed E-state index contributed by atoms with van der Waals surface area (Å²) >= 11 is 8.96. The highest BCUT2D eigenvalue weighted by molar-refractivity contribution is 14.1. The quantitative estimate of drug-likeness (QED) is 0.562. The molecule has 0 heterocycles. The van der Waals surface area contributed by atoms with Gasteiger partial charge in [-0.1, -0.05) is 22.0 Å². The van der Waals surface area contributed by atoms with Crippen molar-refractivity contribution in [3.8, 4) is 0 Å². The van der Waals surface area contributed by atoms with Crippen molar-refractivity contribution in [2.45, 2.75) is 6.54 Å². The van der Waals surface area contributed by atoms with E-state index in [1.54, 1.807) is 6.07 Å². The zero-order valence-electron chi connectivity index (χ0n) is 9.18. The van der Waals surface area contributed by atoms with Crippen molar-refractivity contribution in [2.75, 3.05) is 5.32 Å². The molecule has 1 N–H and O–H groups in total. The van der Waals surface area contributed by atoms with Crippen LogP contribution in [-0.2, 0) is 6.54 Å².